The fourth-order valence-electron chi connectivity index (χ4n) is 4.25. The number of benzene rings is 1. The van der Waals surface area contributed by atoms with Gasteiger partial charge < -0.3 is 21.9 Å². The molecule has 15 heteroatoms. The summed E-state index contributed by atoms with van der Waals surface area (Å²) in [5, 5.41) is 0. The van der Waals surface area contributed by atoms with Gasteiger partial charge in [-0.05, 0) is 97.1 Å². The molecule has 0 bridgehead atoms. The zero-order valence-corrected chi connectivity index (χ0v) is 32.2. The molecule has 10 nitrogen and oxygen atoms in total. The van der Waals surface area contributed by atoms with E-state index in [1.807, 2.05) is 39.3 Å². The predicted molar refractivity (Wildman–Crippen MR) is 178 cm³/mol. The molecule has 0 spiro atoms. The zero-order valence-electron chi connectivity index (χ0n) is 27.4. The van der Waals surface area contributed by atoms with E-state index >= 15 is 0 Å². The van der Waals surface area contributed by atoms with Crippen molar-refractivity contribution in [3.8, 4) is 0 Å². The molecule has 1 heterocycles. The fraction of sp³-hybridized carbons (Fsp3) is 0.448. The first-order chi connectivity index (χ1) is 19.8. The maximum absolute atomic E-state index is 14.1. The summed E-state index contributed by atoms with van der Waals surface area (Å²) in [6.45, 7) is 21.7. The normalized spacial score (nSPS) is 16.0. The minimum absolute atomic E-state index is 0.000249. The quantitative estimate of drug-likeness (QED) is 0.188. The highest BCUT2D eigenvalue weighted by molar-refractivity contribution is 7.85. The van der Waals surface area contributed by atoms with E-state index < -0.39 is 73.3 Å². The van der Waals surface area contributed by atoms with Gasteiger partial charge in [0.15, 0.2) is 5.78 Å². The minimum atomic E-state index is -2.43. The number of fused-ring (bicyclic) bond motifs is 2. The van der Waals surface area contributed by atoms with Gasteiger partial charge in [0.1, 0.15) is 0 Å². The summed E-state index contributed by atoms with van der Waals surface area (Å²) in [6, 6.07) is 2.46. The molecule has 0 saturated carbocycles. The Balaban J connectivity index is 2.29. The molecular weight excluding hydrogens is 653 g/mol. The first kappa shape index (κ1) is 35.6. The number of hydrogen-bond donors (Lipinski definition) is 0. The lowest BCUT2D eigenvalue weighted by atomic mass is 9.87. The van der Waals surface area contributed by atoms with Crippen molar-refractivity contribution < 1.29 is 45.9 Å². The van der Waals surface area contributed by atoms with Crippen molar-refractivity contribution in [3.63, 3.8) is 0 Å². The lowest BCUT2D eigenvalue weighted by molar-refractivity contribution is -0.133. The molecule has 0 N–H and O–H groups in total. The first-order valence-corrected chi connectivity index (χ1v) is 29.0. The van der Waals surface area contributed by atoms with E-state index in [2.05, 4.69) is 0 Å². The number of rotatable bonds is 8. The van der Waals surface area contributed by atoms with E-state index in [0.29, 0.717) is 0 Å². The summed E-state index contributed by atoms with van der Waals surface area (Å²) in [5.41, 5.74) is -0.619. The Kier molecular flexibility index (Phi) is 9.83. The van der Waals surface area contributed by atoms with Crippen LogP contribution in [0.4, 0.5) is 0 Å². The topological polar surface area (TPSA) is 139 Å². The summed E-state index contributed by atoms with van der Waals surface area (Å²) in [6.07, 6.45) is 0.940. The average molecular weight is 694 g/mol. The van der Waals surface area contributed by atoms with Crippen molar-refractivity contribution in [2.75, 3.05) is 0 Å². The van der Waals surface area contributed by atoms with Crippen LogP contribution in [0.5, 0.6) is 0 Å². The number of hydrogen-bond acceptors (Lipinski definition) is 11. The molecule has 0 saturated heterocycles. The van der Waals surface area contributed by atoms with E-state index in [1.54, 1.807) is 39.3 Å². The van der Waals surface area contributed by atoms with Crippen LogP contribution in [0.25, 0.3) is 0 Å². The summed E-state index contributed by atoms with van der Waals surface area (Å²) in [5.74, 6) is -3.71. The van der Waals surface area contributed by atoms with Crippen LogP contribution >= 0.6 is 0 Å². The molecular formula is C29H41O10SSi4-. The molecule has 0 amide bonds. The van der Waals surface area contributed by atoms with E-state index in [9.17, 15) is 28.2 Å². The van der Waals surface area contributed by atoms with E-state index in [-0.39, 0.29) is 49.6 Å². The third-order valence-electron chi connectivity index (χ3n) is 5.79. The number of allylic oxidation sites excluding steroid dienone is 1. The minimum Gasteiger partial charge on any atom is -0.517 e. The van der Waals surface area contributed by atoms with Crippen molar-refractivity contribution in [3.05, 3.63) is 51.6 Å². The van der Waals surface area contributed by atoms with Crippen LogP contribution in [0.1, 0.15) is 37.5 Å². The van der Waals surface area contributed by atoms with Gasteiger partial charge in [0, 0.05) is 11.1 Å². The Morgan fingerprint density at radius 3 is 1.50 bits per heavy atom. The van der Waals surface area contributed by atoms with Crippen LogP contribution in [0, 0.1) is 0 Å². The highest BCUT2D eigenvalue weighted by Gasteiger charge is 2.36. The van der Waals surface area contributed by atoms with Crippen molar-refractivity contribution >= 4 is 78.2 Å². The molecule has 1 aliphatic carbocycles. The fourth-order valence-corrected chi connectivity index (χ4v) is 8.40. The van der Waals surface area contributed by atoms with Crippen molar-refractivity contribution in [1.82, 2.24) is 0 Å². The van der Waals surface area contributed by atoms with Crippen LogP contribution in [0.15, 0.2) is 39.8 Å². The Labute approximate surface area is 264 Å². The monoisotopic (exact) mass is 693 g/mol. The van der Waals surface area contributed by atoms with E-state index in [0.717, 1.165) is 0 Å². The van der Waals surface area contributed by atoms with Crippen molar-refractivity contribution in [2.24, 2.45) is 0 Å². The van der Waals surface area contributed by atoms with Crippen LogP contribution < -0.4 is 0 Å². The van der Waals surface area contributed by atoms with Crippen molar-refractivity contribution in [1.29, 1.82) is 0 Å². The standard InChI is InChI=1S/C29H41O10SSi4/c1-41(2,3)36-26(31)17-13-21-23(15-19(17)28(33)38-43(7,8)9)40(35)24-16-20(29(34)39-44(10,11)12)18(14-22(24)25(21)30)27(32)37-42(4,5)6/h13-15H,16H2,1-12H3/q-1. The molecule has 0 aromatic heterocycles. The molecule has 1 aliphatic heterocycles. The molecule has 1 aromatic carbocycles. The van der Waals surface area contributed by atoms with Gasteiger partial charge in [0.25, 0.3) is 0 Å². The zero-order chi connectivity index (χ0) is 33.7. The summed E-state index contributed by atoms with van der Waals surface area (Å²) in [4.78, 5) is 67.4. The van der Waals surface area contributed by atoms with Gasteiger partial charge in [0.2, 0.25) is 33.3 Å². The summed E-state index contributed by atoms with van der Waals surface area (Å²) < 4.78 is 36.8. The van der Waals surface area contributed by atoms with E-state index in [4.69, 9.17) is 17.7 Å². The van der Waals surface area contributed by atoms with Crippen LogP contribution in [-0.2, 0) is 41.9 Å². The Morgan fingerprint density at radius 1 is 0.636 bits per heavy atom. The average Bonchev–Trinajstić information content (AvgIpc) is 2.81. The largest absolute Gasteiger partial charge is 0.517 e. The van der Waals surface area contributed by atoms with Crippen molar-refractivity contribution in [2.45, 2.75) is 89.9 Å². The van der Waals surface area contributed by atoms with Gasteiger partial charge in [-0.25, -0.2) is 29.6 Å². The Morgan fingerprint density at radius 2 is 1.05 bits per heavy atom. The number of ketones is 1. The van der Waals surface area contributed by atoms with Gasteiger partial charge in [-0.3, -0.25) is 4.79 Å². The van der Waals surface area contributed by atoms with Gasteiger partial charge in [0.05, 0.1) is 22.3 Å². The molecule has 44 heavy (non-hydrogen) atoms. The second kappa shape index (κ2) is 12.1. The van der Waals surface area contributed by atoms with E-state index in [1.165, 1.54) is 18.2 Å². The van der Waals surface area contributed by atoms with Crippen LogP contribution in [0.3, 0.4) is 0 Å². The maximum atomic E-state index is 14.1. The molecule has 0 radical (unpaired) electrons. The van der Waals surface area contributed by atoms with Gasteiger partial charge in [-0.2, -0.15) is 0 Å². The lowest BCUT2D eigenvalue weighted by Gasteiger charge is -2.33. The summed E-state index contributed by atoms with van der Waals surface area (Å²) in [7, 11) is -11.7. The highest BCUT2D eigenvalue weighted by Crippen LogP contribution is 2.35. The third kappa shape index (κ3) is 8.65. The Hall–Kier alpha value is -2.86. The smallest absolute Gasteiger partial charge is 0.325 e. The molecule has 3 rings (SSSR count). The van der Waals surface area contributed by atoms with Crippen LogP contribution in [0.2, 0.25) is 78.6 Å². The van der Waals surface area contributed by atoms with Gasteiger partial charge in [-0.1, -0.05) is 6.07 Å². The second-order valence-electron chi connectivity index (χ2n) is 14.5. The second-order valence-corrected chi connectivity index (χ2v) is 33.7. The molecule has 1 aromatic rings. The number of carbonyl (C=O) groups is 5. The van der Waals surface area contributed by atoms with Gasteiger partial charge >= 0.3 is 23.9 Å². The number of Topliss-reactive ketones (excluding diaryl/α,β-unsaturated/α-hetero) is 1. The molecule has 0 atom stereocenters. The highest BCUT2D eigenvalue weighted by atomic mass is 32.2. The SMILES string of the molecule is C[Si](C)(C)OC(=O)C1=C(C(=O)O[Si](C)(C)C)CC2=[S-](=O)c3cc(C(=O)O[Si](C)(C)C)c(C(=O)O[Si](C)(C)C)cc3C(=O)C2=C1. The predicted octanol–water partition coefficient (Wildman–Crippen LogP) is 5.74. The molecule has 0 fully saturated rings. The molecule has 2 aliphatic rings. The number of carbonyl (C=O) groups excluding carboxylic acids is 5. The maximum Gasteiger partial charge on any atom is 0.325 e. The van der Waals surface area contributed by atoms with Gasteiger partial charge in [-0.15, -0.1) is 9.76 Å². The lowest BCUT2D eigenvalue weighted by Crippen LogP contribution is -2.36. The molecule has 0 unspecified atom stereocenters. The first-order valence-electron chi connectivity index (χ1n) is 14.2. The van der Waals surface area contributed by atoms with Crippen LogP contribution in [-0.4, -0.2) is 67.8 Å². The third-order valence-corrected chi connectivity index (χ3v) is 10.5. The Bertz CT molecular complexity index is 1620. The molecule has 240 valence electrons. The summed E-state index contributed by atoms with van der Waals surface area (Å²) >= 11 is 0.